The van der Waals surface area contributed by atoms with Gasteiger partial charge in [0, 0.05) is 35.1 Å². The van der Waals surface area contributed by atoms with Crippen molar-refractivity contribution < 1.29 is 10.2 Å². The van der Waals surface area contributed by atoms with Crippen LogP contribution in [0.3, 0.4) is 0 Å². The van der Waals surface area contributed by atoms with E-state index in [1.807, 2.05) is 13.8 Å². The maximum absolute atomic E-state index is 9.58. The van der Waals surface area contributed by atoms with Gasteiger partial charge in [-0.3, -0.25) is 0 Å². The van der Waals surface area contributed by atoms with Gasteiger partial charge < -0.3 is 15.5 Å². The Bertz CT molecular complexity index is 631. The van der Waals surface area contributed by atoms with Crippen molar-refractivity contribution in [3.05, 3.63) is 35.2 Å². The number of rotatable bonds is 4. The Morgan fingerprint density at radius 3 is 2.19 bits per heavy atom. The minimum absolute atomic E-state index is 0.148. The molecule has 2 aromatic rings. The van der Waals surface area contributed by atoms with Gasteiger partial charge in [0.1, 0.15) is 0 Å². The fourth-order valence-electron chi connectivity index (χ4n) is 2.09. The van der Waals surface area contributed by atoms with Gasteiger partial charge in [0.25, 0.3) is 0 Å². The third-order valence-corrected chi connectivity index (χ3v) is 3.34. The molecule has 0 spiro atoms. The van der Waals surface area contributed by atoms with Crippen LogP contribution in [0.2, 0.25) is 0 Å². The van der Waals surface area contributed by atoms with Gasteiger partial charge in [0.15, 0.2) is 17.3 Å². The topological polar surface area (TPSA) is 78.3 Å². The van der Waals surface area contributed by atoms with E-state index in [-0.39, 0.29) is 11.5 Å². The summed E-state index contributed by atoms with van der Waals surface area (Å²) in [6.07, 6.45) is 0. The average Bonchev–Trinajstić information content (AvgIpc) is 2.40. The Hall–Kier alpha value is -2.14. The van der Waals surface area contributed by atoms with E-state index in [0.29, 0.717) is 17.4 Å². The van der Waals surface area contributed by atoms with Crippen LogP contribution in [-0.4, -0.2) is 26.2 Å². The molecule has 5 nitrogen and oxygen atoms in total. The maximum Gasteiger partial charge on any atom is 0.159 e. The smallest absolute Gasteiger partial charge is 0.159 e. The number of nitrogens with zero attached hydrogens (tertiary/aromatic N) is 2. The summed E-state index contributed by atoms with van der Waals surface area (Å²) in [6, 6.07) is 5.00. The molecule has 0 fully saturated rings. The first-order valence-electron chi connectivity index (χ1n) is 6.98. The summed E-state index contributed by atoms with van der Waals surface area (Å²) in [7, 11) is 0. The van der Waals surface area contributed by atoms with Crippen LogP contribution in [-0.2, 0) is 6.54 Å². The Kier molecular flexibility index (Phi) is 4.43. The molecule has 0 amide bonds. The summed E-state index contributed by atoms with van der Waals surface area (Å²) >= 11 is 0. The molecule has 0 saturated carbocycles. The molecule has 21 heavy (non-hydrogen) atoms. The van der Waals surface area contributed by atoms with E-state index < -0.39 is 0 Å². The Labute approximate surface area is 124 Å². The van der Waals surface area contributed by atoms with Crippen LogP contribution in [0.4, 0.5) is 0 Å². The Morgan fingerprint density at radius 2 is 1.67 bits per heavy atom. The average molecular weight is 287 g/mol. The van der Waals surface area contributed by atoms with Crippen LogP contribution in [0.1, 0.15) is 30.8 Å². The van der Waals surface area contributed by atoms with Crippen molar-refractivity contribution in [1.82, 2.24) is 15.3 Å². The molecular formula is C16H21N3O2. The van der Waals surface area contributed by atoms with Gasteiger partial charge in [-0.05, 0) is 32.0 Å². The standard InChI is InChI=1S/C16H21N3O2/c1-9(2)17-8-13-10(3)18-16(19-11(13)4)12-5-6-14(20)15(21)7-12/h5-7,9,17,20-21H,8H2,1-4H3. The van der Waals surface area contributed by atoms with Gasteiger partial charge in [-0.15, -0.1) is 0 Å². The molecular weight excluding hydrogens is 266 g/mol. The van der Waals surface area contributed by atoms with Crippen molar-refractivity contribution in [2.24, 2.45) is 0 Å². The summed E-state index contributed by atoms with van der Waals surface area (Å²) in [6.45, 7) is 8.83. The fourth-order valence-corrected chi connectivity index (χ4v) is 2.09. The predicted octanol–water partition coefficient (Wildman–Crippen LogP) is 2.67. The van der Waals surface area contributed by atoms with E-state index in [0.717, 1.165) is 23.5 Å². The summed E-state index contributed by atoms with van der Waals surface area (Å²) in [5.74, 6) is 0.232. The lowest BCUT2D eigenvalue weighted by Crippen LogP contribution is -2.23. The maximum atomic E-state index is 9.58. The molecule has 5 heteroatoms. The van der Waals surface area contributed by atoms with Crippen LogP contribution in [0, 0.1) is 13.8 Å². The monoisotopic (exact) mass is 287 g/mol. The molecule has 2 rings (SSSR count). The predicted molar refractivity (Wildman–Crippen MR) is 82.2 cm³/mol. The molecule has 112 valence electrons. The molecule has 0 bridgehead atoms. The third kappa shape index (κ3) is 3.49. The second-order valence-electron chi connectivity index (χ2n) is 5.44. The number of benzene rings is 1. The molecule has 0 radical (unpaired) electrons. The SMILES string of the molecule is Cc1nc(-c2ccc(O)c(O)c2)nc(C)c1CNC(C)C. The first-order chi connectivity index (χ1) is 9.88. The summed E-state index contributed by atoms with van der Waals surface area (Å²) in [5.41, 5.74) is 3.60. The number of aromatic nitrogens is 2. The van der Waals surface area contributed by atoms with Gasteiger partial charge in [-0.25, -0.2) is 9.97 Å². The number of phenols is 2. The summed E-state index contributed by atoms with van der Waals surface area (Å²) in [4.78, 5) is 9.02. The van der Waals surface area contributed by atoms with Crippen LogP contribution >= 0.6 is 0 Å². The van der Waals surface area contributed by atoms with Crippen molar-refractivity contribution in [1.29, 1.82) is 0 Å². The Morgan fingerprint density at radius 1 is 1.05 bits per heavy atom. The van der Waals surface area contributed by atoms with Crippen molar-refractivity contribution >= 4 is 0 Å². The molecule has 3 N–H and O–H groups in total. The second kappa shape index (κ2) is 6.10. The highest BCUT2D eigenvalue weighted by Gasteiger charge is 2.11. The number of aromatic hydroxyl groups is 2. The zero-order valence-electron chi connectivity index (χ0n) is 12.8. The van der Waals surface area contributed by atoms with E-state index in [9.17, 15) is 10.2 Å². The molecule has 0 atom stereocenters. The van der Waals surface area contributed by atoms with Crippen LogP contribution < -0.4 is 5.32 Å². The highest BCUT2D eigenvalue weighted by atomic mass is 16.3. The molecule has 0 saturated heterocycles. The van der Waals surface area contributed by atoms with Crippen molar-refractivity contribution in [2.75, 3.05) is 0 Å². The van der Waals surface area contributed by atoms with Crippen molar-refractivity contribution in [2.45, 2.75) is 40.3 Å². The number of hydrogen-bond acceptors (Lipinski definition) is 5. The van der Waals surface area contributed by atoms with Gasteiger partial charge in [-0.2, -0.15) is 0 Å². The lowest BCUT2D eigenvalue weighted by molar-refractivity contribution is 0.404. The van der Waals surface area contributed by atoms with Crippen LogP contribution in [0.15, 0.2) is 18.2 Å². The fraction of sp³-hybridized carbons (Fsp3) is 0.375. The highest BCUT2D eigenvalue weighted by Crippen LogP contribution is 2.29. The van der Waals surface area contributed by atoms with Gasteiger partial charge in [0.05, 0.1) is 0 Å². The number of nitrogens with one attached hydrogen (secondary N) is 1. The minimum atomic E-state index is -0.169. The third-order valence-electron chi connectivity index (χ3n) is 3.34. The summed E-state index contributed by atoms with van der Waals surface area (Å²) < 4.78 is 0. The minimum Gasteiger partial charge on any atom is -0.504 e. The van der Waals surface area contributed by atoms with Gasteiger partial charge >= 0.3 is 0 Å². The van der Waals surface area contributed by atoms with Gasteiger partial charge in [-0.1, -0.05) is 13.8 Å². The molecule has 0 unspecified atom stereocenters. The largest absolute Gasteiger partial charge is 0.504 e. The van der Waals surface area contributed by atoms with Crippen molar-refractivity contribution in [3.8, 4) is 22.9 Å². The van der Waals surface area contributed by atoms with E-state index in [4.69, 9.17) is 0 Å². The normalized spacial score (nSPS) is 11.1. The molecule has 1 heterocycles. The van der Waals surface area contributed by atoms with E-state index in [1.165, 1.54) is 12.1 Å². The van der Waals surface area contributed by atoms with Gasteiger partial charge in [0.2, 0.25) is 0 Å². The van der Waals surface area contributed by atoms with Crippen LogP contribution in [0.5, 0.6) is 11.5 Å². The lowest BCUT2D eigenvalue weighted by Gasteiger charge is -2.13. The number of phenolic OH excluding ortho intramolecular Hbond substituents is 2. The molecule has 0 aliphatic carbocycles. The molecule has 0 aliphatic rings. The van der Waals surface area contributed by atoms with E-state index in [2.05, 4.69) is 29.1 Å². The molecule has 1 aromatic carbocycles. The van der Waals surface area contributed by atoms with Crippen LogP contribution in [0.25, 0.3) is 11.4 Å². The first-order valence-corrected chi connectivity index (χ1v) is 6.98. The van der Waals surface area contributed by atoms with E-state index >= 15 is 0 Å². The number of aryl methyl sites for hydroxylation is 2. The Balaban J connectivity index is 2.36. The zero-order chi connectivity index (χ0) is 15.6. The first kappa shape index (κ1) is 15.3. The van der Waals surface area contributed by atoms with Crippen molar-refractivity contribution in [3.63, 3.8) is 0 Å². The molecule has 1 aromatic heterocycles. The quantitative estimate of drug-likeness (QED) is 0.754. The number of hydrogen-bond donors (Lipinski definition) is 3. The lowest BCUT2D eigenvalue weighted by atomic mass is 10.1. The second-order valence-corrected chi connectivity index (χ2v) is 5.44. The van der Waals surface area contributed by atoms with E-state index in [1.54, 1.807) is 6.07 Å². The zero-order valence-corrected chi connectivity index (χ0v) is 12.8. The highest BCUT2D eigenvalue weighted by molar-refractivity contribution is 5.61. The summed E-state index contributed by atoms with van der Waals surface area (Å²) in [5, 5.41) is 22.3. The molecule has 0 aliphatic heterocycles.